The minimum absolute atomic E-state index is 0. The maximum Gasteiger partial charge on any atom is 0.191 e. The van der Waals surface area contributed by atoms with E-state index in [1.54, 1.807) is 0 Å². The second-order valence-corrected chi connectivity index (χ2v) is 6.32. The molecule has 0 aliphatic heterocycles. The van der Waals surface area contributed by atoms with E-state index in [0.717, 1.165) is 25.6 Å². The second-order valence-electron chi connectivity index (χ2n) is 6.32. The Balaban J connectivity index is 0.00000529. The van der Waals surface area contributed by atoms with Gasteiger partial charge in [-0.25, -0.2) is 4.99 Å². The molecule has 0 heterocycles. The fourth-order valence-electron chi connectivity index (χ4n) is 2.52. The molecule has 2 N–H and O–H groups in total. The van der Waals surface area contributed by atoms with Crippen LogP contribution in [0.4, 0.5) is 0 Å². The molecular formula is C19H35IN4. The zero-order valence-electron chi connectivity index (χ0n) is 15.9. The van der Waals surface area contributed by atoms with Crippen molar-refractivity contribution < 1.29 is 0 Å². The van der Waals surface area contributed by atoms with Gasteiger partial charge in [0.25, 0.3) is 0 Å². The van der Waals surface area contributed by atoms with Gasteiger partial charge in [0.2, 0.25) is 0 Å². The fraction of sp³-hybridized carbons (Fsp3) is 0.632. The van der Waals surface area contributed by atoms with Crippen molar-refractivity contribution in [3.63, 3.8) is 0 Å². The Kier molecular flexibility index (Phi) is 13.0. The fourth-order valence-corrected chi connectivity index (χ4v) is 2.52. The number of hydrogen-bond acceptors (Lipinski definition) is 2. The van der Waals surface area contributed by atoms with E-state index in [-0.39, 0.29) is 24.0 Å². The van der Waals surface area contributed by atoms with Gasteiger partial charge in [-0.3, -0.25) is 0 Å². The molecule has 4 nitrogen and oxygen atoms in total. The summed E-state index contributed by atoms with van der Waals surface area (Å²) in [5, 5.41) is 6.80. The van der Waals surface area contributed by atoms with E-state index in [1.165, 1.54) is 24.0 Å². The summed E-state index contributed by atoms with van der Waals surface area (Å²) >= 11 is 0. The zero-order chi connectivity index (χ0) is 17.1. The molecule has 0 saturated heterocycles. The van der Waals surface area contributed by atoms with E-state index in [0.29, 0.717) is 12.5 Å². The van der Waals surface area contributed by atoms with Crippen LogP contribution in [0.3, 0.4) is 0 Å². The van der Waals surface area contributed by atoms with E-state index in [1.807, 2.05) is 0 Å². The summed E-state index contributed by atoms with van der Waals surface area (Å²) in [6.07, 6.45) is 2.41. The standard InChI is InChI=1S/C19H34N4.HI/c1-6-16(7-2)13-21-19(20-8-3)22-14-17-10-9-11-18(12-17)15-23(4)5;/h9-12,16H,6-8,13-15H2,1-5H3,(H2,20,21,22);1H. The normalized spacial score (nSPS) is 11.5. The minimum atomic E-state index is 0. The molecular weight excluding hydrogens is 411 g/mol. The molecule has 1 rings (SSSR count). The maximum atomic E-state index is 4.73. The number of halogens is 1. The lowest BCUT2D eigenvalue weighted by atomic mass is 10.0. The Morgan fingerprint density at radius 2 is 1.75 bits per heavy atom. The van der Waals surface area contributed by atoms with Crippen LogP contribution in [0.2, 0.25) is 0 Å². The third kappa shape index (κ3) is 9.47. The molecule has 5 heteroatoms. The van der Waals surface area contributed by atoms with Crippen molar-refractivity contribution >= 4 is 29.9 Å². The first-order valence-corrected chi connectivity index (χ1v) is 8.83. The maximum absolute atomic E-state index is 4.73. The van der Waals surface area contributed by atoms with E-state index in [4.69, 9.17) is 4.99 Å². The lowest BCUT2D eigenvalue weighted by Crippen LogP contribution is -2.39. The Labute approximate surface area is 165 Å². The quantitative estimate of drug-likeness (QED) is 0.344. The second kappa shape index (κ2) is 13.5. The summed E-state index contributed by atoms with van der Waals surface area (Å²) in [5.74, 6) is 1.62. The van der Waals surface area contributed by atoms with Gasteiger partial charge in [-0.2, -0.15) is 0 Å². The van der Waals surface area contributed by atoms with Crippen molar-refractivity contribution in [2.75, 3.05) is 27.2 Å². The predicted molar refractivity (Wildman–Crippen MR) is 116 cm³/mol. The number of nitrogens with zero attached hydrogens (tertiary/aromatic N) is 2. The van der Waals surface area contributed by atoms with Crippen LogP contribution in [0.1, 0.15) is 44.7 Å². The molecule has 1 aromatic carbocycles. The van der Waals surface area contributed by atoms with Gasteiger partial charge in [0.05, 0.1) is 6.54 Å². The summed E-state index contributed by atoms with van der Waals surface area (Å²) in [6.45, 7) is 10.1. The molecule has 0 bridgehead atoms. The van der Waals surface area contributed by atoms with Crippen molar-refractivity contribution in [3.8, 4) is 0 Å². The number of benzene rings is 1. The molecule has 0 spiro atoms. The van der Waals surface area contributed by atoms with Gasteiger partial charge in [-0.1, -0.05) is 51.0 Å². The largest absolute Gasteiger partial charge is 0.357 e. The highest BCUT2D eigenvalue weighted by molar-refractivity contribution is 14.0. The third-order valence-corrected chi connectivity index (χ3v) is 3.97. The smallest absolute Gasteiger partial charge is 0.191 e. The monoisotopic (exact) mass is 446 g/mol. The number of hydrogen-bond donors (Lipinski definition) is 2. The molecule has 24 heavy (non-hydrogen) atoms. The van der Waals surface area contributed by atoms with Crippen molar-refractivity contribution in [1.29, 1.82) is 0 Å². The summed E-state index contributed by atoms with van der Waals surface area (Å²) in [5.41, 5.74) is 2.58. The summed E-state index contributed by atoms with van der Waals surface area (Å²) in [4.78, 5) is 6.91. The first-order valence-electron chi connectivity index (χ1n) is 8.83. The Morgan fingerprint density at radius 1 is 1.08 bits per heavy atom. The zero-order valence-corrected chi connectivity index (χ0v) is 18.3. The number of rotatable bonds is 9. The van der Waals surface area contributed by atoms with Gasteiger partial charge in [0.1, 0.15) is 0 Å². The highest BCUT2D eigenvalue weighted by atomic mass is 127. The SMILES string of the molecule is CCNC(=NCc1cccc(CN(C)C)c1)NCC(CC)CC.I. The van der Waals surface area contributed by atoms with E-state index in [9.17, 15) is 0 Å². The van der Waals surface area contributed by atoms with Crippen molar-refractivity contribution in [2.45, 2.75) is 46.7 Å². The summed E-state index contributed by atoms with van der Waals surface area (Å²) in [7, 11) is 4.19. The van der Waals surface area contributed by atoms with Gasteiger partial charge in [-0.05, 0) is 38.1 Å². The molecule has 138 valence electrons. The highest BCUT2D eigenvalue weighted by Gasteiger charge is 2.05. The molecule has 0 radical (unpaired) electrons. The van der Waals surface area contributed by atoms with Gasteiger partial charge in [0.15, 0.2) is 5.96 Å². The molecule has 1 aromatic rings. The third-order valence-electron chi connectivity index (χ3n) is 3.97. The van der Waals surface area contributed by atoms with Crippen LogP contribution in [-0.2, 0) is 13.1 Å². The van der Waals surface area contributed by atoms with Crippen molar-refractivity contribution in [3.05, 3.63) is 35.4 Å². The Morgan fingerprint density at radius 3 is 2.33 bits per heavy atom. The van der Waals surface area contributed by atoms with Crippen LogP contribution in [0.15, 0.2) is 29.3 Å². The topological polar surface area (TPSA) is 39.7 Å². The van der Waals surface area contributed by atoms with Crippen LogP contribution in [-0.4, -0.2) is 38.0 Å². The molecule has 0 aliphatic carbocycles. The first-order chi connectivity index (χ1) is 11.1. The Hall–Kier alpha value is -0.820. The van der Waals surface area contributed by atoms with Crippen molar-refractivity contribution in [2.24, 2.45) is 10.9 Å². The van der Waals surface area contributed by atoms with Gasteiger partial charge >= 0.3 is 0 Å². The molecule has 0 fully saturated rings. The van der Waals surface area contributed by atoms with E-state index in [2.05, 4.69) is 74.7 Å². The average molecular weight is 446 g/mol. The predicted octanol–water partition coefficient (Wildman–Crippen LogP) is 3.86. The first kappa shape index (κ1) is 23.2. The number of nitrogens with one attached hydrogen (secondary N) is 2. The lowest BCUT2D eigenvalue weighted by molar-refractivity contribution is 0.402. The van der Waals surface area contributed by atoms with Crippen molar-refractivity contribution in [1.82, 2.24) is 15.5 Å². The molecule has 0 unspecified atom stereocenters. The Bertz CT molecular complexity index is 470. The van der Waals surface area contributed by atoms with Crippen LogP contribution in [0.5, 0.6) is 0 Å². The van der Waals surface area contributed by atoms with Gasteiger partial charge in [0, 0.05) is 19.6 Å². The van der Waals surface area contributed by atoms with Gasteiger partial charge < -0.3 is 15.5 Å². The molecule has 0 amide bonds. The molecule has 0 aromatic heterocycles. The molecule has 0 aliphatic rings. The average Bonchev–Trinajstić information content (AvgIpc) is 2.53. The highest BCUT2D eigenvalue weighted by Crippen LogP contribution is 2.08. The molecule has 0 saturated carbocycles. The van der Waals surface area contributed by atoms with Gasteiger partial charge in [-0.15, -0.1) is 24.0 Å². The minimum Gasteiger partial charge on any atom is -0.357 e. The van der Waals surface area contributed by atoms with E-state index < -0.39 is 0 Å². The molecule has 0 atom stereocenters. The van der Waals surface area contributed by atoms with Crippen LogP contribution in [0.25, 0.3) is 0 Å². The summed E-state index contributed by atoms with van der Waals surface area (Å²) in [6, 6.07) is 8.68. The van der Waals surface area contributed by atoms with Crippen LogP contribution < -0.4 is 10.6 Å². The number of guanidine groups is 1. The van der Waals surface area contributed by atoms with Crippen LogP contribution in [0, 0.1) is 5.92 Å². The summed E-state index contributed by atoms with van der Waals surface area (Å²) < 4.78 is 0. The van der Waals surface area contributed by atoms with E-state index >= 15 is 0 Å². The lowest BCUT2D eigenvalue weighted by Gasteiger charge is -2.16. The number of aliphatic imine (C=N–C) groups is 1. The van der Waals surface area contributed by atoms with Crippen LogP contribution >= 0.6 is 24.0 Å².